The number of fused-ring (bicyclic) bond motifs is 2. The van der Waals surface area contributed by atoms with E-state index < -0.39 is 0 Å². The first-order chi connectivity index (χ1) is 14.3. The molecule has 2 aliphatic carbocycles. The lowest BCUT2D eigenvalue weighted by molar-refractivity contribution is -0.247. The number of ether oxygens (including phenoxy) is 3. The molecule has 5 heteroatoms. The Hall–Kier alpha value is -1.43. The van der Waals surface area contributed by atoms with Crippen molar-refractivity contribution in [2.24, 2.45) is 17.1 Å². The van der Waals surface area contributed by atoms with Gasteiger partial charge in [0.15, 0.2) is 6.29 Å². The number of carbonyl (C=O) groups is 1. The molecular weight excluding hydrogens is 378 g/mol. The van der Waals surface area contributed by atoms with E-state index in [9.17, 15) is 4.79 Å². The van der Waals surface area contributed by atoms with E-state index in [1.807, 2.05) is 12.2 Å². The number of hydrogen-bond donors (Lipinski definition) is 1. The predicted octanol–water partition coefficient (Wildman–Crippen LogP) is 4.39. The highest BCUT2D eigenvalue weighted by Gasteiger charge is 2.54. The summed E-state index contributed by atoms with van der Waals surface area (Å²) in [5, 5.41) is 0. The molecule has 0 spiro atoms. The largest absolute Gasteiger partial charge is 0.366 e. The minimum absolute atomic E-state index is 0.242. The number of amides is 1. The maximum Gasteiger partial charge on any atom is 0.248 e. The fraction of sp³-hybridized carbons (Fsp3) is 0.680. The first-order valence-electron chi connectivity index (χ1n) is 11.3. The molecule has 4 aliphatic rings. The average Bonchev–Trinajstić information content (AvgIpc) is 3.03. The summed E-state index contributed by atoms with van der Waals surface area (Å²) in [5.41, 5.74) is 8.85. The number of carbonyl (C=O) groups excluding carboxylic acids is 1. The molecule has 30 heavy (non-hydrogen) atoms. The van der Waals surface area contributed by atoms with Gasteiger partial charge in [-0.25, -0.2) is 0 Å². The van der Waals surface area contributed by atoms with Gasteiger partial charge in [-0.15, -0.1) is 0 Å². The number of rotatable bonds is 6. The van der Waals surface area contributed by atoms with Crippen LogP contribution in [0.15, 0.2) is 34.9 Å². The Balaban J connectivity index is 1.63. The molecule has 4 rings (SSSR count). The molecule has 2 fully saturated rings. The maximum atomic E-state index is 11.9. The number of methoxy groups -OCH3 is 2. The van der Waals surface area contributed by atoms with Crippen LogP contribution in [-0.4, -0.2) is 38.1 Å². The smallest absolute Gasteiger partial charge is 0.248 e. The Morgan fingerprint density at radius 2 is 2.00 bits per heavy atom. The van der Waals surface area contributed by atoms with Gasteiger partial charge in [-0.2, -0.15) is 0 Å². The van der Waals surface area contributed by atoms with Crippen molar-refractivity contribution in [3.05, 3.63) is 40.9 Å². The number of primary amides is 1. The Bertz CT molecular complexity index is 776. The topological polar surface area (TPSA) is 70.8 Å². The Morgan fingerprint density at radius 1 is 1.23 bits per heavy atom. The predicted molar refractivity (Wildman–Crippen MR) is 116 cm³/mol. The molecule has 2 aliphatic heterocycles. The van der Waals surface area contributed by atoms with Crippen molar-refractivity contribution in [1.82, 2.24) is 0 Å². The first kappa shape index (κ1) is 21.8. The van der Waals surface area contributed by atoms with Crippen LogP contribution >= 0.6 is 0 Å². The van der Waals surface area contributed by atoms with Gasteiger partial charge in [0.1, 0.15) is 5.60 Å². The van der Waals surface area contributed by atoms with Gasteiger partial charge in [-0.3, -0.25) is 4.79 Å². The molecule has 2 N–H and O–H groups in total. The minimum atomic E-state index is -0.383. The summed E-state index contributed by atoms with van der Waals surface area (Å²) in [6, 6.07) is 0. The van der Waals surface area contributed by atoms with Gasteiger partial charge in [0, 0.05) is 25.7 Å². The van der Waals surface area contributed by atoms with Crippen LogP contribution < -0.4 is 5.73 Å². The third-order valence-electron chi connectivity index (χ3n) is 7.57. The highest BCUT2D eigenvalue weighted by molar-refractivity contribution is 5.95. The summed E-state index contributed by atoms with van der Waals surface area (Å²) in [6.07, 6.45) is 14.3. The normalized spacial score (nSPS) is 33.8. The third kappa shape index (κ3) is 4.04. The number of nitrogens with two attached hydrogens (primary N) is 1. The van der Waals surface area contributed by atoms with Crippen LogP contribution in [0.3, 0.4) is 0 Å². The molecule has 165 valence electrons. The minimum Gasteiger partial charge on any atom is -0.366 e. The second-order valence-corrected chi connectivity index (χ2v) is 10.2. The molecule has 3 unspecified atom stereocenters. The van der Waals surface area contributed by atoms with Crippen molar-refractivity contribution in [2.75, 3.05) is 14.2 Å². The van der Waals surface area contributed by atoms with Crippen LogP contribution in [0.2, 0.25) is 0 Å². The van der Waals surface area contributed by atoms with Crippen molar-refractivity contribution in [3.8, 4) is 0 Å². The molecule has 0 aromatic carbocycles. The van der Waals surface area contributed by atoms with Crippen LogP contribution in [0, 0.1) is 17.3 Å². The van der Waals surface area contributed by atoms with Gasteiger partial charge < -0.3 is 19.9 Å². The third-order valence-corrected chi connectivity index (χ3v) is 7.57. The van der Waals surface area contributed by atoms with Crippen LogP contribution in [0.25, 0.3) is 0 Å². The molecule has 2 bridgehead atoms. The zero-order valence-electron chi connectivity index (χ0n) is 18.8. The molecule has 0 aromatic heterocycles. The second-order valence-electron chi connectivity index (χ2n) is 10.2. The summed E-state index contributed by atoms with van der Waals surface area (Å²) in [5.74, 6) is 1.48. The lowest BCUT2D eigenvalue weighted by Crippen LogP contribution is -2.49. The summed E-state index contributed by atoms with van der Waals surface area (Å²) in [7, 11) is 3.39. The van der Waals surface area contributed by atoms with E-state index >= 15 is 0 Å². The Labute approximate surface area is 180 Å². The second kappa shape index (κ2) is 8.25. The Morgan fingerprint density at radius 3 is 2.63 bits per heavy atom. The van der Waals surface area contributed by atoms with Crippen molar-refractivity contribution >= 4 is 5.91 Å². The maximum absolute atomic E-state index is 11.9. The van der Waals surface area contributed by atoms with Gasteiger partial charge in [-0.1, -0.05) is 26.0 Å². The number of hydrogen-bond acceptors (Lipinski definition) is 4. The quantitative estimate of drug-likeness (QED) is 0.655. The zero-order valence-corrected chi connectivity index (χ0v) is 18.8. The van der Waals surface area contributed by atoms with Crippen molar-refractivity contribution in [3.63, 3.8) is 0 Å². The first-order valence-corrected chi connectivity index (χ1v) is 11.3. The monoisotopic (exact) mass is 414 g/mol. The van der Waals surface area contributed by atoms with E-state index in [0.29, 0.717) is 16.9 Å². The van der Waals surface area contributed by atoms with Crippen molar-refractivity contribution < 1.29 is 19.0 Å². The standard InChI is InChI=1S/C25H36NO4/c1-24(2)10-7-16(8-11-24)21-14-17(22(26)27)5-6-20(21)18-13-19-9-12-25(15-18,30-19)23(28-3)29-4/h5,7,14,18-19,23H,6,8-13,15H2,1-4H3,(H2,26,27). The van der Waals surface area contributed by atoms with Gasteiger partial charge in [-0.05, 0) is 79.9 Å². The lowest BCUT2D eigenvalue weighted by atomic mass is 9.68. The molecule has 1 amide bonds. The van der Waals surface area contributed by atoms with E-state index in [-0.39, 0.29) is 23.9 Å². The van der Waals surface area contributed by atoms with Crippen LogP contribution in [0.1, 0.15) is 65.2 Å². The molecule has 5 nitrogen and oxygen atoms in total. The van der Waals surface area contributed by atoms with Crippen LogP contribution in [-0.2, 0) is 19.0 Å². The SMILES string of the molecule is COC(OC)C12CCC(CC([C]3CC=C(C(N)=O)C=C3C3=CCC(C)(C)CC3)C1)O2. The van der Waals surface area contributed by atoms with E-state index in [1.54, 1.807) is 14.2 Å². The van der Waals surface area contributed by atoms with E-state index in [1.165, 1.54) is 17.1 Å². The molecule has 2 heterocycles. The molecule has 2 saturated heterocycles. The van der Waals surface area contributed by atoms with Crippen molar-refractivity contribution in [1.29, 1.82) is 0 Å². The van der Waals surface area contributed by atoms with Gasteiger partial charge >= 0.3 is 0 Å². The van der Waals surface area contributed by atoms with Gasteiger partial charge in [0.2, 0.25) is 5.91 Å². The zero-order chi connectivity index (χ0) is 21.5. The average molecular weight is 415 g/mol. The van der Waals surface area contributed by atoms with Crippen LogP contribution in [0.5, 0.6) is 0 Å². The molecule has 0 aromatic rings. The molecular formula is C25H36NO4. The number of allylic oxidation sites excluding steroid dienone is 4. The van der Waals surface area contributed by atoms with E-state index in [2.05, 4.69) is 19.9 Å². The highest BCUT2D eigenvalue weighted by Crippen LogP contribution is 2.53. The molecule has 0 saturated carbocycles. The van der Waals surface area contributed by atoms with E-state index in [0.717, 1.165) is 51.4 Å². The fourth-order valence-electron chi connectivity index (χ4n) is 5.87. The molecule has 1 radical (unpaired) electrons. The van der Waals surface area contributed by atoms with Gasteiger partial charge in [0.05, 0.1) is 6.10 Å². The van der Waals surface area contributed by atoms with Crippen molar-refractivity contribution in [2.45, 2.75) is 83.2 Å². The fourth-order valence-corrected chi connectivity index (χ4v) is 5.87. The summed E-state index contributed by atoms with van der Waals surface area (Å²) >= 11 is 0. The van der Waals surface area contributed by atoms with Gasteiger partial charge in [0.25, 0.3) is 0 Å². The summed E-state index contributed by atoms with van der Waals surface area (Å²) in [4.78, 5) is 11.9. The van der Waals surface area contributed by atoms with E-state index in [4.69, 9.17) is 19.9 Å². The Kier molecular flexibility index (Phi) is 5.99. The lowest BCUT2D eigenvalue weighted by Gasteiger charge is -2.45. The molecule has 3 atom stereocenters. The summed E-state index contributed by atoms with van der Waals surface area (Å²) < 4.78 is 17.7. The highest BCUT2D eigenvalue weighted by atomic mass is 16.7. The summed E-state index contributed by atoms with van der Waals surface area (Å²) in [6.45, 7) is 4.65. The van der Waals surface area contributed by atoms with Crippen LogP contribution in [0.4, 0.5) is 0 Å².